The molecule has 1 aliphatic carbocycles. The van der Waals surface area contributed by atoms with Gasteiger partial charge in [-0.05, 0) is 81.9 Å². The Balaban J connectivity index is 1.84. The monoisotopic (exact) mass is 623 g/mol. The van der Waals surface area contributed by atoms with Gasteiger partial charge in [0.15, 0.2) is 0 Å². The molecule has 1 aromatic carbocycles. The zero-order valence-electron chi connectivity index (χ0n) is 27.5. The SMILES string of the molecule is C#CC(C)(C)[C@@H]1C[C@@H](C(=O)NC(CC2CC2)C(=O)C(N)=O)N(C(=O)[C@@H](NC(=O)NC(C)(C)Cc2cccc(O)c2)C(C)(C)C)C1. The zero-order chi connectivity index (χ0) is 33.9. The second kappa shape index (κ2) is 13.5. The number of nitrogens with one attached hydrogen (secondary N) is 3. The number of phenols is 1. The van der Waals surface area contributed by atoms with Gasteiger partial charge >= 0.3 is 6.03 Å². The van der Waals surface area contributed by atoms with Gasteiger partial charge in [0, 0.05) is 17.5 Å². The van der Waals surface area contributed by atoms with Crippen LogP contribution in [0.2, 0.25) is 0 Å². The van der Waals surface area contributed by atoms with Gasteiger partial charge in [0.1, 0.15) is 17.8 Å². The maximum absolute atomic E-state index is 14.3. The summed E-state index contributed by atoms with van der Waals surface area (Å²) < 4.78 is 0. The molecular formula is C34H49N5O6. The average Bonchev–Trinajstić information content (AvgIpc) is 3.62. The van der Waals surface area contributed by atoms with Crippen LogP contribution in [0.1, 0.15) is 79.7 Å². The summed E-state index contributed by atoms with van der Waals surface area (Å²) in [5.41, 5.74) is 3.97. The second-order valence-electron chi connectivity index (χ2n) is 14.9. The first-order valence-electron chi connectivity index (χ1n) is 15.5. The van der Waals surface area contributed by atoms with Crippen molar-refractivity contribution in [1.82, 2.24) is 20.9 Å². The second-order valence-corrected chi connectivity index (χ2v) is 14.9. The van der Waals surface area contributed by atoms with Crippen molar-refractivity contribution >= 4 is 29.5 Å². The Morgan fingerprint density at radius 2 is 1.71 bits per heavy atom. The van der Waals surface area contributed by atoms with E-state index in [2.05, 4.69) is 21.9 Å². The molecule has 1 aliphatic heterocycles. The van der Waals surface area contributed by atoms with Crippen LogP contribution in [0.15, 0.2) is 24.3 Å². The fourth-order valence-corrected chi connectivity index (χ4v) is 5.84. The molecule has 1 unspecified atom stereocenters. The third kappa shape index (κ3) is 9.46. The number of carbonyl (C=O) groups is 5. The number of benzene rings is 1. The molecule has 11 heteroatoms. The molecule has 5 amide bonds. The van der Waals surface area contributed by atoms with E-state index >= 15 is 0 Å². The van der Waals surface area contributed by atoms with Crippen molar-refractivity contribution < 1.29 is 29.1 Å². The number of phenolic OH excluding ortho intramolecular Hbond substituents is 1. The van der Waals surface area contributed by atoms with Gasteiger partial charge in [-0.25, -0.2) is 4.79 Å². The van der Waals surface area contributed by atoms with Gasteiger partial charge in [-0.2, -0.15) is 0 Å². The number of hydrogen-bond donors (Lipinski definition) is 5. The first kappa shape index (κ1) is 35.4. The Bertz CT molecular complexity index is 1350. The summed E-state index contributed by atoms with van der Waals surface area (Å²) in [5, 5.41) is 18.3. The molecule has 246 valence electrons. The van der Waals surface area contributed by atoms with Gasteiger partial charge < -0.3 is 31.7 Å². The molecule has 0 bridgehead atoms. The topological polar surface area (TPSA) is 171 Å². The Labute approximate surface area is 266 Å². The first-order valence-corrected chi connectivity index (χ1v) is 15.5. The standard InChI is InChI=1S/C34H49N5O6/c1-9-33(5,6)22-17-25(29(43)36-24(16-20-13-14-20)26(41)28(35)42)39(19-22)30(44)27(32(2,3)4)37-31(45)38-34(7,8)18-21-11-10-12-23(40)15-21/h1,10-12,15,20,22,24-25,27,40H,13-14,16-19H2,2-8H3,(H2,35,42)(H,36,43)(H2,37,38,45)/t22-,24?,25+,27-/m1/s1. The molecule has 0 radical (unpaired) electrons. The minimum atomic E-state index is -1.12. The number of urea groups is 1. The van der Waals surface area contributed by atoms with Gasteiger partial charge in [-0.1, -0.05) is 45.7 Å². The smallest absolute Gasteiger partial charge is 0.315 e. The maximum Gasteiger partial charge on any atom is 0.315 e. The number of nitrogens with two attached hydrogens (primary N) is 1. The lowest BCUT2D eigenvalue weighted by molar-refractivity contribution is -0.143. The number of nitrogens with zero attached hydrogens (tertiary/aromatic N) is 1. The minimum Gasteiger partial charge on any atom is -0.508 e. The molecule has 6 N–H and O–H groups in total. The number of aromatic hydroxyl groups is 1. The number of amides is 5. The molecule has 0 aromatic heterocycles. The molecule has 3 rings (SSSR count). The fraction of sp³-hybridized carbons (Fsp3) is 0.618. The number of ketones is 1. The summed E-state index contributed by atoms with van der Waals surface area (Å²) in [4.78, 5) is 67.2. The summed E-state index contributed by atoms with van der Waals surface area (Å²) in [6, 6.07) is 3.13. The van der Waals surface area contributed by atoms with E-state index in [-0.39, 0.29) is 30.6 Å². The molecule has 4 atom stereocenters. The Kier molecular flexibility index (Phi) is 10.6. The molecule has 1 heterocycles. The Morgan fingerprint density at radius 1 is 1.07 bits per heavy atom. The summed E-state index contributed by atoms with van der Waals surface area (Å²) in [6.07, 6.45) is 8.60. The number of likely N-dealkylation sites (tertiary alicyclic amines) is 1. The van der Waals surface area contributed by atoms with Gasteiger partial charge in [0.25, 0.3) is 5.91 Å². The summed E-state index contributed by atoms with van der Waals surface area (Å²) in [7, 11) is 0. The third-order valence-corrected chi connectivity index (χ3v) is 8.82. The van der Waals surface area contributed by atoms with Crippen LogP contribution < -0.4 is 21.7 Å². The number of rotatable bonds is 12. The summed E-state index contributed by atoms with van der Waals surface area (Å²) in [5.74, 6) is -0.147. The third-order valence-electron chi connectivity index (χ3n) is 8.82. The normalized spacial score (nSPS) is 20.0. The van der Waals surface area contributed by atoms with Crippen molar-refractivity contribution in [2.24, 2.45) is 28.4 Å². The van der Waals surface area contributed by atoms with Crippen LogP contribution >= 0.6 is 0 Å². The van der Waals surface area contributed by atoms with E-state index in [4.69, 9.17) is 12.2 Å². The van der Waals surface area contributed by atoms with Crippen molar-refractivity contribution in [3.8, 4) is 18.1 Å². The van der Waals surface area contributed by atoms with Crippen molar-refractivity contribution in [2.45, 2.75) is 104 Å². The molecule has 0 spiro atoms. The van der Waals surface area contributed by atoms with Crippen molar-refractivity contribution in [2.75, 3.05) is 6.54 Å². The van der Waals surface area contributed by atoms with Crippen LogP contribution in [0.5, 0.6) is 5.75 Å². The fourth-order valence-electron chi connectivity index (χ4n) is 5.84. The Morgan fingerprint density at radius 3 is 2.24 bits per heavy atom. The van der Waals surface area contributed by atoms with Crippen molar-refractivity contribution in [3.05, 3.63) is 29.8 Å². The zero-order valence-corrected chi connectivity index (χ0v) is 27.5. The van der Waals surface area contributed by atoms with Crippen LogP contribution in [-0.2, 0) is 25.6 Å². The quantitative estimate of drug-likeness (QED) is 0.177. The largest absolute Gasteiger partial charge is 0.508 e. The maximum atomic E-state index is 14.3. The predicted octanol–water partition coefficient (Wildman–Crippen LogP) is 2.64. The van der Waals surface area contributed by atoms with Gasteiger partial charge in [0.2, 0.25) is 17.6 Å². The highest BCUT2D eigenvalue weighted by molar-refractivity contribution is 6.37. The molecule has 2 fully saturated rings. The van der Waals surface area contributed by atoms with Crippen LogP contribution in [-0.4, -0.2) is 69.8 Å². The van der Waals surface area contributed by atoms with Crippen LogP contribution in [0.4, 0.5) is 4.79 Å². The van der Waals surface area contributed by atoms with Crippen LogP contribution in [0, 0.1) is 35.0 Å². The van der Waals surface area contributed by atoms with Gasteiger partial charge in [-0.15, -0.1) is 12.3 Å². The van der Waals surface area contributed by atoms with E-state index in [0.717, 1.165) is 18.4 Å². The highest BCUT2D eigenvalue weighted by Crippen LogP contribution is 2.39. The number of Topliss-reactive ketones (excluding diaryl/α,β-unsaturated/α-hetero) is 1. The van der Waals surface area contributed by atoms with E-state index < -0.39 is 64.0 Å². The lowest BCUT2D eigenvalue weighted by atomic mass is 9.78. The number of terminal acetylenes is 1. The van der Waals surface area contributed by atoms with Crippen molar-refractivity contribution in [3.63, 3.8) is 0 Å². The van der Waals surface area contributed by atoms with E-state index in [1.165, 1.54) is 4.90 Å². The lowest BCUT2D eigenvalue weighted by Gasteiger charge is -2.37. The van der Waals surface area contributed by atoms with Gasteiger partial charge in [-0.3, -0.25) is 19.2 Å². The molecule has 11 nitrogen and oxygen atoms in total. The van der Waals surface area contributed by atoms with E-state index in [9.17, 15) is 29.1 Å². The molecule has 2 aliphatic rings. The van der Waals surface area contributed by atoms with Crippen molar-refractivity contribution in [1.29, 1.82) is 0 Å². The van der Waals surface area contributed by atoms with Crippen LogP contribution in [0.25, 0.3) is 0 Å². The highest BCUT2D eigenvalue weighted by atomic mass is 16.3. The average molecular weight is 624 g/mol. The first-order chi connectivity index (χ1) is 20.7. The number of primary amides is 1. The molecule has 45 heavy (non-hydrogen) atoms. The van der Waals surface area contributed by atoms with E-state index in [1.54, 1.807) is 18.2 Å². The Hall–Kier alpha value is -4.07. The summed E-state index contributed by atoms with van der Waals surface area (Å²) >= 11 is 0. The minimum absolute atomic E-state index is 0.125. The van der Waals surface area contributed by atoms with Gasteiger partial charge in [0.05, 0.1) is 6.04 Å². The molecular weight excluding hydrogens is 574 g/mol. The molecule has 1 saturated carbocycles. The number of carbonyl (C=O) groups excluding carboxylic acids is 5. The number of hydrogen-bond acceptors (Lipinski definition) is 6. The van der Waals surface area contributed by atoms with E-state index in [1.807, 2.05) is 54.5 Å². The van der Waals surface area contributed by atoms with Crippen LogP contribution in [0.3, 0.4) is 0 Å². The lowest BCUT2D eigenvalue weighted by Crippen LogP contribution is -2.61. The predicted molar refractivity (Wildman–Crippen MR) is 170 cm³/mol. The highest BCUT2D eigenvalue weighted by Gasteiger charge is 2.49. The van der Waals surface area contributed by atoms with E-state index in [0.29, 0.717) is 12.8 Å². The summed E-state index contributed by atoms with van der Waals surface area (Å²) in [6.45, 7) is 13.0. The molecule has 1 saturated heterocycles. The molecule has 1 aromatic rings.